The number of hydrogen-bond acceptors (Lipinski definition) is 4. The Balaban J connectivity index is 1.55. The fourth-order valence-electron chi connectivity index (χ4n) is 3.55. The van der Waals surface area contributed by atoms with Crippen LogP contribution >= 0.6 is 11.3 Å². The number of thiazole rings is 1. The van der Waals surface area contributed by atoms with Crippen LogP contribution in [0.1, 0.15) is 61.1 Å². The van der Waals surface area contributed by atoms with Gasteiger partial charge < -0.3 is 9.80 Å². The summed E-state index contributed by atoms with van der Waals surface area (Å²) in [5, 5.41) is 1.05. The van der Waals surface area contributed by atoms with Crippen molar-refractivity contribution in [3.8, 4) is 0 Å². The van der Waals surface area contributed by atoms with Gasteiger partial charge in [0.2, 0.25) is 0 Å². The first-order chi connectivity index (χ1) is 10.9. The molecule has 23 heavy (non-hydrogen) atoms. The Morgan fingerprint density at radius 1 is 1.26 bits per heavy atom. The molecule has 1 aromatic rings. The van der Waals surface area contributed by atoms with E-state index < -0.39 is 0 Å². The molecule has 0 bridgehead atoms. The van der Waals surface area contributed by atoms with Crippen LogP contribution in [0.2, 0.25) is 0 Å². The Morgan fingerprint density at radius 3 is 2.65 bits per heavy atom. The van der Waals surface area contributed by atoms with Gasteiger partial charge in [0.05, 0.1) is 11.2 Å². The van der Waals surface area contributed by atoms with Crippen molar-refractivity contribution in [1.29, 1.82) is 0 Å². The van der Waals surface area contributed by atoms with Crippen LogP contribution in [0, 0.1) is 5.92 Å². The first kappa shape index (κ1) is 16.9. The van der Waals surface area contributed by atoms with Gasteiger partial charge >= 0.3 is 0 Å². The third-order valence-electron chi connectivity index (χ3n) is 4.90. The predicted molar refractivity (Wildman–Crippen MR) is 95.1 cm³/mol. The summed E-state index contributed by atoms with van der Waals surface area (Å²) in [6.45, 7) is 11.9. The van der Waals surface area contributed by atoms with Crippen molar-refractivity contribution in [2.24, 2.45) is 5.92 Å². The zero-order valence-corrected chi connectivity index (χ0v) is 15.5. The average Bonchev–Trinajstić information content (AvgIpc) is 3.16. The number of nitrogens with zero attached hydrogens (tertiary/aromatic N) is 3. The van der Waals surface area contributed by atoms with E-state index in [1.165, 1.54) is 38.9 Å². The summed E-state index contributed by atoms with van der Waals surface area (Å²) in [6.07, 6.45) is 6.98. The molecule has 0 saturated carbocycles. The maximum atomic E-state index is 12.7. The molecular formula is C18H29N3OS. The summed E-state index contributed by atoms with van der Waals surface area (Å²) in [5.74, 6) is 0.825. The number of carbonyl (C=O) groups excluding carboxylic acids is 1. The topological polar surface area (TPSA) is 36.4 Å². The van der Waals surface area contributed by atoms with Gasteiger partial charge in [0.25, 0.3) is 5.91 Å². The molecule has 1 aromatic heterocycles. The van der Waals surface area contributed by atoms with Gasteiger partial charge in [0.1, 0.15) is 4.88 Å². The summed E-state index contributed by atoms with van der Waals surface area (Å²) < 4.78 is 0. The highest BCUT2D eigenvalue weighted by molar-refractivity contribution is 7.13. The fraction of sp³-hybridized carbons (Fsp3) is 0.778. The van der Waals surface area contributed by atoms with Crippen molar-refractivity contribution in [2.75, 3.05) is 32.7 Å². The number of likely N-dealkylation sites (tertiary alicyclic amines) is 2. The molecule has 0 aliphatic carbocycles. The van der Waals surface area contributed by atoms with Crippen molar-refractivity contribution < 1.29 is 4.79 Å². The van der Waals surface area contributed by atoms with E-state index in [9.17, 15) is 4.79 Å². The van der Waals surface area contributed by atoms with Gasteiger partial charge in [-0.3, -0.25) is 4.79 Å². The molecule has 4 nitrogen and oxygen atoms in total. The highest BCUT2D eigenvalue weighted by atomic mass is 32.1. The number of rotatable bonds is 3. The Morgan fingerprint density at radius 2 is 2.00 bits per heavy atom. The molecular weight excluding hydrogens is 306 g/mol. The second-order valence-corrected chi connectivity index (χ2v) is 9.08. The highest BCUT2D eigenvalue weighted by Crippen LogP contribution is 2.29. The second-order valence-electron chi connectivity index (χ2n) is 8.05. The lowest BCUT2D eigenvalue weighted by atomic mass is 9.98. The summed E-state index contributed by atoms with van der Waals surface area (Å²) in [6, 6.07) is 0. The molecule has 0 spiro atoms. The molecule has 0 N–H and O–H groups in total. The molecule has 2 saturated heterocycles. The maximum Gasteiger partial charge on any atom is 0.265 e. The number of piperidine rings is 1. The molecule has 3 heterocycles. The van der Waals surface area contributed by atoms with Crippen LogP contribution in [0.25, 0.3) is 0 Å². The lowest BCUT2D eigenvalue weighted by molar-refractivity contribution is 0.0787. The second kappa shape index (κ2) is 6.89. The predicted octanol–water partition coefficient (Wildman–Crippen LogP) is 3.39. The minimum atomic E-state index is 0.0189. The van der Waals surface area contributed by atoms with Gasteiger partial charge in [0.15, 0.2) is 0 Å². The van der Waals surface area contributed by atoms with Crippen molar-refractivity contribution in [2.45, 2.75) is 51.9 Å². The van der Waals surface area contributed by atoms with Gasteiger partial charge in [-0.05, 0) is 38.3 Å². The van der Waals surface area contributed by atoms with Crippen molar-refractivity contribution in [3.05, 3.63) is 16.1 Å². The molecule has 0 radical (unpaired) electrons. The monoisotopic (exact) mass is 335 g/mol. The zero-order valence-electron chi connectivity index (χ0n) is 14.7. The number of carbonyl (C=O) groups is 1. The smallest absolute Gasteiger partial charge is 0.265 e. The van der Waals surface area contributed by atoms with E-state index in [2.05, 4.69) is 30.7 Å². The van der Waals surface area contributed by atoms with Crippen LogP contribution in [0.5, 0.6) is 0 Å². The molecule has 3 rings (SSSR count). The van der Waals surface area contributed by atoms with E-state index in [0.717, 1.165) is 29.4 Å². The van der Waals surface area contributed by atoms with Gasteiger partial charge in [-0.15, -0.1) is 11.3 Å². The van der Waals surface area contributed by atoms with Crippen LogP contribution in [0.15, 0.2) is 6.20 Å². The van der Waals surface area contributed by atoms with Gasteiger partial charge in [-0.1, -0.05) is 27.2 Å². The standard InChI is InChI=1S/C18H29N3OS/c1-18(2,3)17-19-11-15(23-17)16(22)21-10-7-14(13-21)12-20-8-5-4-6-9-20/h11,14H,4-10,12-13H2,1-3H3/t14-/m1/s1. The molecule has 2 aliphatic rings. The third-order valence-corrected chi connectivity index (χ3v) is 6.31. The molecule has 0 aromatic carbocycles. The number of hydrogen-bond donors (Lipinski definition) is 0. The van der Waals surface area contributed by atoms with Gasteiger partial charge in [-0.2, -0.15) is 0 Å². The summed E-state index contributed by atoms with van der Waals surface area (Å²) in [5.41, 5.74) is 0.0189. The van der Waals surface area contributed by atoms with E-state index >= 15 is 0 Å². The van der Waals surface area contributed by atoms with Crippen molar-refractivity contribution in [1.82, 2.24) is 14.8 Å². The first-order valence-electron chi connectivity index (χ1n) is 8.91. The normalized spacial score (nSPS) is 23.4. The molecule has 1 amide bonds. The van der Waals surface area contributed by atoms with Crippen LogP contribution in [0.4, 0.5) is 0 Å². The van der Waals surface area contributed by atoms with Crippen molar-refractivity contribution in [3.63, 3.8) is 0 Å². The minimum Gasteiger partial charge on any atom is -0.338 e. The van der Waals surface area contributed by atoms with Gasteiger partial charge in [0, 0.05) is 25.0 Å². The molecule has 128 valence electrons. The Bertz CT molecular complexity index is 543. The quantitative estimate of drug-likeness (QED) is 0.849. The lowest BCUT2D eigenvalue weighted by Crippen LogP contribution is -2.36. The molecule has 1 atom stereocenters. The summed E-state index contributed by atoms with van der Waals surface area (Å²) >= 11 is 1.56. The lowest BCUT2D eigenvalue weighted by Gasteiger charge is -2.28. The van der Waals surface area contributed by atoms with Crippen LogP contribution in [0.3, 0.4) is 0 Å². The largest absolute Gasteiger partial charge is 0.338 e. The molecule has 2 aliphatic heterocycles. The zero-order chi connectivity index (χ0) is 16.4. The SMILES string of the molecule is CC(C)(C)c1ncc(C(=O)N2CC[C@H](CN3CCCCC3)C2)s1. The van der Waals surface area contributed by atoms with E-state index in [0.29, 0.717) is 5.92 Å². The molecule has 5 heteroatoms. The summed E-state index contributed by atoms with van der Waals surface area (Å²) in [4.78, 5) is 22.6. The number of aromatic nitrogens is 1. The highest BCUT2D eigenvalue weighted by Gasteiger charge is 2.30. The van der Waals surface area contributed by atoms with Crippen LogP contribution in [-0.2, 0) is 5.41 Å². The minimum absolute atomic E-state index is 0.0189. The Kier molecular flexibility index (Phi) is 5.07. The summed E-state index contributed by atoms with van der Waals surface area (Å²) in [7, 11) is 0. The molecule has 2 fully saturated rings. The van der Waals surface area contributed by atoms with E-state index in [1.807, 2.05) is 4.90 Å². The Labute approximate surface area is 143 Å². The van der Waals surface area contributed by atoms with E-state index in [-0.39, 0.29) is 11.3 Å². The Hall–Kier alpha value is -0.940. The van der Waals surface area contributed by atoms with Crippen molar-refractivity contribution >= 4 is 17.2 Å². The van der Waals surface area contributed by atoms with Gasteiger partial charge in [-0.25, -0.2) is 4.98 Å². The third kappa shape index (κ3) is 4.13. The maximum absolute atomic E-state index is 12.7. The first-order valence-corrected chi connectivity index (χ1v) is 9.73. The van der Waals surface area contributed by atoms with E-state index in [1.54, 1.807) is 17.5 Å². The van der Waals surface area contributed by atoms with E-state index in [4.69, 9.17) is 0 Å². The number of amides is 1. The van der Waals surface area contributed by atoms with Crippen LogP contribution in [-0.4, -0.2) is 53.4 Å². The fourth-order valence-corrected chi connectivity index (χ4v) is 4.49. The van der Waals surface area contributed by atoms with Crippen LogP contribution < -0.4 is 0 Å². The molecule has 0 unspecified atom stereocenters. The average molecular weight is 336 g/mol.